The van der Waals surface area contributed by atoms with Crippen LogP contribution in [0.5, 0.6) is 0 Å². The molecule has 1 aliphatic heterocycles. The van der Waals surface area contributed by atoms with Gasteiger partial charge >= 0.3 is 6.09 Å². The zero-order valence-electron chi connectivity index (χ0n) is 15.1. The zero-order valence-corrected chi connectivity index (χ0v) is 15.9. The van der Waals surface area contributed by atoms with Crippen molar-refractivity contribution in [2.24, 2.45) is 5.92 Å². The van der Waals surface area contributed by atoms with Gasteiger partial charge in [0.05, 0.1) is 22.8 Å². The zero-order chi connectivity index (χ0) is 18.8. The maximum absolute atomic E-state index is 12.1. The lowest BCUT2D eigenvalue weighted by Gasteiger charge is -2.22. The van der Waals surface area contributed by atoms with Gasteiger partial charge in [-0.05, 0) is 31.4 Å². The molecule has 3 heterocycles. The number of carbonyl (C=O) groups is 1. The van der Waals surface area contributed by atoms with Crippen molar-refractivity contribution in [2.45, 2.75) is 39.8 Å². The highest BCUT2D eigenvalue weighted by molar-refractivity contribution is 6.31. The molecule has 0 bridgehead atoms. The van der Waals surface area contributed by atoms with Gasteiger partial charge < -0.3 is 10.1 Å². The summed E-state index contributed by atoms with van der Waals surface area (Å²) in [5, 5.41) is 3.80. The van der Waals surface area contributed by atoms with Gasteiger partial charge in [-0.1, -0.05) is 25.4 Å². The topological polar surface area (TPSA) is 93.1 Å². The lowest BCUT2D eigenvalue weighted by molar-refractivity contribution is 0.177. The number of ether oxygens (including phenoxy) is 1. The lowest BCUT2D eigenvalue weighted by atomic mass is 10.1. The molecular formula is C17H21ClN6O2. The minimum absolute atomic E-state index is 0.101. The Balaban J connectivity index is 1.81. The Labute approximate surface area is 157 Å². The molecule has 0 radical (unpaired) electrons. The van der Waals surface area contributed by atoms with E-state index in [1.54, 1.807) is 6.20 Å². The van der Waals surface area contributed by atoms with E-state index in [4.69, 9.17) is 16.3 Å². The number of cyclic esters (lactones) is 1. The summed E-state index contributed by atoms with van der Waals surface area (Å²) in [5.41, 5.74) is 1.76. The fourth-order valence-corrected chi connectivity index (χ4v) is 2.80. The summed E-state index contributed by atoms with van der Waals surface area (Å²) in [6.45, 7) is 8.25. The number of rotatable bonds is 5. The third kappa shape index (κ3) is 3.70. The van der Waals surface area contributed by atoms with Crippen LogP contribution in [0.1, 0.15) is 38.1 Å². The largest absolute Gasteiger partial charge is 0.447 e. The Bertz CT molecular complexity index is 816. The van der Waals surface area contributed by atoms with Crippen molar-refractivity contribution in [2.75, 3.05) is 16.8 Å². The monoisotopic (exact) mass is 376 g/mol. The third-order valence-electron chi connectivity index (χ3n) is 4.31. The predicted octanol–water partition coefficient (Wildman–Crippen LogP) is 3.38. The fraction of sp³-hybridized carbons (Fsp3) is 0.471. The molecule has 2 atom stereocenters. The molecule has 1 unspecified atom stereocenters. The van der Waals surface area contributed by atoms with E-state index in [0.717, 1.165) is 11.3 Å². The smallest absolute Gasteiger partial charge is 0.417 e. The summed E-state index contributed by atoms with van der Waals surface area (Å²) in [6.07, 6.45) is 2.56. The second-order valence-corrected chi connectivity index (χ2v) is 7.00. The van der Waals surface area contributed by atoms with Crippen molar-refractivity contribution < 1.29 is 9.53 Å². The first-order valence-electron chi connectivity index (χ1n) is 8.40. The molecule has 8 nitrogen and oxygen atoms in total. The Hall–Kier alpha value is -2.48. The van der Waals surface area contributed by atoms with E-state index in [9.17, 15) is 4.79 Å². The number of hydrogen-bond acceptors (Lipinski definition) is 7. The van der Waals surface area contributed by atoms with Crippen molar-refractivity contribution in [1.29, 1.82) is 0 Å². The van der Waals surface area contributed by atoms with Crippen LogP contribution in [-0.2, 0) is 4.74 Å². The van der Waals surface area contributed by atoms with Gasteiger partial charge in [0.2, 0.25) is 11.9 Å². The number of nitrogens with zero attached hydrogens (tertiary/aromatic N) is 5. The van der Waals surface area contributed by atoms with E-state index in [0.29, 0.717) is 17.6 Å². The number of hydrogen-bond donors (Lipinski definition) is 1. The van der Waals surface area contributed by atoms with Crippen LogP contribution in [0.3, 0.4) is 0 Å². The van der Waals surface area contributed by atoms with Crippen LogP contribution >= 0.6 is 11.6 Å². The first-order chi connectivity index (χ1) is 12.4. The maximum atomic E-state index is 12.1. The van der Waals surface area contributed by atoms with Crippen molar-refractivity contribution in [3.05, 3.63) is 34.9 Å². The van der Waals surface area contributed by atoms with Crippen LogP contribution < -0.4 is 10.2 Å². The summed E-state index contributed by atoms with van der Waals surface area (Å²) in [4.78, 5) is 30.6. The average molecular weight is 377 g/mol. The van der Waals surface area contributed by atoms with Crippen molar-refractivity contribution in [1.82, 2.24) is 19.9 Å². The molecule has 0 aliphatic carbocycles. The number of nitrogens with one attached hydrogen (secondary N) is 1. The molecule has 1 saturated heterocycles. The molecule has 2 aromatic heterocycles. The summed E-state index contributed by atoms with van der Waals surface area (Å²) >= 11 is 6.03. The number of aromatic nitrogens is 4. The van der Waals surface area contributed by atoms with Gasteiger partial charge in [0.15, 0.2) is 0 Å². The minimum atomic E-state index is -0.441. The lowest BCUT2D eigenvalue weighted by Crippen LogP contribution is -2.38. The van der Waals surface area contributed by atoms with Gasteiger partial charge in [-0.25, -0.2) is 19.7 Å². The SMILES string of the molecule is Cc1cc([C@H](C)Nc2ncnc(N3C(=O)OCC3C(C)C)n2)ncc1Cl. The molecule has 3 rings (SSSR count). The highest BCUT2D eigenvalue weighted by Gasteiger charge is 2.38. The normalized spacial score (nSPS) is 18.2. The van der Waals surface area contributed by atoms with Gasteiger partial charge in [0.25, 0.3) is 0 Å². The molecule has 138 valence electrons. The molecule has 1 fully saturated rings. The van der Waals surface area contributed by atoms with E-state index >= 15 is 0 Å². The first-order valence-corrected chi connectivity index (χ1v) is 8.78. The number of amides is 1. The Morgan fingerprint density at radius 2 is 2.08 bits per heavy atom. The van der Waals surface area contributed by atoms with Gasteiger partial charge in [-0.3, -0.25) is 4.98 Å². The Morgan fingerprint density at radius 1 is 1.31 bits per heavy atom. The first kappa shape index (κ1) is 18.3. The molecule has 2 aromatic rings. The van der Waals surface area contributed by atoms with Crippen LogP contribution in [0.4, 0.5) is 16.7 Å². The van der Waals surface area contributed by atoms with E-state index in [1.165, 1.54) is 11.2 Å². The molecule has 0 aromatic carbocycles. The van der Waals surface area contributed by atoms with Crippen LogP contribution in [0.15, 0.2) is 18.6 Å². The molecule has 0 spiro atoms. The predicted molar refractivity (Wildman–Crippen MR) is 98.3 cm³/mol. The minimum Gasteiger partial charge on any atom is -0.447 e. The highest BCUT2D eigenvalue weighted by atomic mass is 35.5. The van der Waals surface area contributed by atoms with Crippen molar-refractivity contribution >= 4 is 29.6 Å². The van der Waals surface area contributed by atoms with Crippen LogP contribution in [-0.4, -0.2) is 38.7 Å². The van der Waals surface area contributed by atoms with Crippen molar-refractivity contribution in [3.63, 3.8) is 0 Å². The number of anilines is 2. The molecular weight excluding hydrogens is 356 g/mol. The van der Waals surface area contributed by atoms with Gasteiger partial charge in [0.1, 0.15) is 12.9 Å². The maximum Gasteiger partial charge on any atom is 0.417 e. The van der Waals surface area contributed by atoms with E-state index in [1.807, 2.05) is 33.8 Å². The Morgan fingerprint density at radius 3 is 2.77 bits per heavy atom. The van der Waals surface area contributed by atoms with Crippen LogP contribution in [0.2, 0.25) is 5.02 Å². The number of carbonyl (C=O) groups excluding carboxylic acids is 1. The second kappa shape index (κ2) is 7.41. The molecule has 1 aliphatic rings. The van der Waals surface area contributed by atoms with E-state index in [-0.39, 0.29) is 23.9 Å². The average Bonchev–Trinajstić information content (AvgIpc) is 2.99. The number of halogens is 1. The van der Waals surface area contributed by atoms with Crippen molar-refractivity contribution in [3.8, 4) is 0 Å². The standard InChI is InChI=1S/C17H21ClN6O2/c1-9(2)14-7-26-17(25)24(14)16-21-8-20-15(23-16)22-11(4)13-5-10(3)12(18)6-19-13/h5-6,8-9,11,14H,7H2,1-4H3,(H,20,21,22,23)/t11-,14?/m0/s1. The summed E-state index contributed by atoms with van der Waals surface area (Å²) in [5.74, 6) is 0.852. The summed E-state index contributed by atoms with van der Waals surface area (Å²) in [7, 11) is 0. The third-order valence-corrected chi connectivity index (χ3v) is 4.70. The fourth-order valence-electron chi connectivity index (χ4n) is 2.70. The molecule has 9 heteroatoms. The number of aryl methyl sites for hydroxylation is 1. The molecule has 0 saturated carbocycles. The van der Waals surface area contributed by atoms with E-state index in [2.05, 4.69) is 25.3 Å². The van der Waals surface area contributed by atoms with Gasteiger partial charge in [-0.15, -0.1) is 0 Å². The quantitative estimate of drug-likeness (QED) is 0.854. The molecule has 26 heavy (non-hydrogen) atoms. The van der Waals surface area contributed by atoms with Crippen LogP contribution in [0, 0.1) is 12.8 Å². The second-order valence-electron chi connectivity index (χ2n) is 6.59. The molecule has 1 amide bonds. The summed E-state index contributed by atoms with van der Waals surface area (Å²) in [6, 6.07) is 1.66. The summed E-state index contributed by atoms with van der Waals surface area (Å²) < 4.78 is 5.15. The van der Waals surface area contributed by atoms with Crippen LogP contribution in [0.25, 0.3) is 0 Å². The Kier molecular flexibility index (Phi) is 5.22. The van der Waals surface area contributed by atoms with E-state index < -0.39 is 6.09 Å². The van der Waals surface area contributed by atoms with Gasteiger partial charge in [0, 0.05) is 6.20 Å². The highest BCUT2D eigenvalue weighted by Crippen LogP contribution is 2.25. The van der Waals surface area contributed by atoms with Gasteiger partial charge in [-0.2, -0.15) is 4.98 Å². The number of pyridine rings is 1. The molecule has 1 N–H and O–H groups in total.